The molecule has 0 fully saturated rings. The summed E-state index contributed by atoms with van der Waals surface area (Å²) in [5.74, 6) is 0. The van der Waals surface area contributed by atoms with Crippen LogP contribution in [0.25, 0.3) is 10.9 Å². The Morgan fingerprint density at radius 2 is 1.80 bits per heavy atom. The molecule has 0 saturated carbocycles. The third-order valence-corrected chi connectivity index (χ3v) is 1.28. The highest BCUT2D eigenvalue weighted by molar-refractivity contribution is 5.77. The molecule has 0 aliphatic rings. The van der Waals surface area contributed by atoms with E-state index in [2.05, 4.69) is 29.4 Å². The number of benzene rings is 1. The Morgan fingerprint density at radius 1 is 1.00 bits per heavy atom. The molecule has 1 nitrogen and oxygen atoms in total. The molecule has 0 bridgehead atoms. The maximum absolute atomic E-state index is 3.95. The third kappa shape index (κ3) is 0.760. The molecule has 1 heteroatoms. The standard InChI is InChI=1S/C9H3N/c1-2-6-9-8(4-1)5-3-7-10-9/h4-6H. The second-order valence-electron chi connectivity index (χ2n) is 1.93. The van der Waals surface area contributed by atoms with Crippen LogP contribution in [0.2, 0.25) is 0 Å². The summed E-state index contributed by atoms with van der Waals surface area (Å²) in [4.78, 5) is 3.95. The van der Waals surface area contributed by atoms with E-state index >= 15 is 0 Å². The van der Waals surface area contributed by atoms with Gasteiger partial charge in [0.2, 0.25) is 0 Å². The van der Waals surface area contributed by atoms with Gasteiger partial charge in [-0.1, -0.05) is 0 Å². The summed E-state index contributed by atoms with van der Waals surface area (Å²) in [5, 5.41) is 1.03. The Balaban J connectivity index is 2.89. The monoisotopic (exact) mass is 125 g/mol. The van der Waals surface area contributed by atoms with Crippen molar-refractivity contribution in [3.05, 3.63) is 42.6 Å². The summed E-state index contributed by atoms with van der Waals surface area (Å²) in [7, 11) is 0. The molecule has 1 aromatic carbocycles. The first-order chi connectivity index (χ1) is 4.97. The zero-order valence-electron chi connectivity index (χ0n) is 5.18. The van der Waals surface area contributed by atoms with Crippen LogP contribution < -0.4 is 0 Å². The fourth-order valence-corrected chi connectivity index (χ4v) is 0.802. The van der Waals surface area contributed by atoms with Gasteiger partial charge < -0.3 is 0 Å². The molecule has 0 aliphatic carbocycles. The highest BCUT2D eigenvalue weighted by atomic mass is 14.6. The van der Waals surface area contributed by atoms with E-state index in [-0.39, 0.29) is 0 Å². The van der Waals surface area contributed by atoms with Gasteiger partial charge in [0.05, 0.1) is 11.7 Å². The molecule has 1 heterocycles. The number of aromatic nitrogens is 1. The number of hydrogen-bond donors (Lipinski definition) is 0. The van der Waals surface area contributed by atoms with Crippen LogP contribution in [0.4, 0.5) is 0 Å². The van der Waals surface area contributed by atoms with Gasteiger partial charge in [-0.3, -0.25) is 0 Å². The van der Waals surface area contributed by atoms with E-state index in [0.29, 0.717) is 0 Å². The molecular formula is C9H3N. The largest absolute Gasteiger partial charge is 0.245 e. The van der Waals surface area contributed by atoms with Gasteiger partial charge in [0, 0.05) is 11.5 Å². The lowest BCUT2D eigenvalue weighted by atomic mass is 10.2. The molecule has 0 atom stereocenters. The van der Waals surface area contributed by atoms with Crippen LogP contribution in [0.5, 0.6) is 0 Å². The van der Waals surface area contributed by atoms with Crippen LogP contribution in [0.1, 0.15) is 0 Å². The Kier molecular flexibility index (Phi) is 1.14. The SMILES string of the molecule is [c]1[c]cc2n[c][c]cc2c1. The summed E-state index contributed by atoms with van der Waals surface area (Å²) in [5.41, 5.74) is 0.887. The smallest absolute Gasteiger partial charge is 0.0979 e. The lowest BCUT2D eigenvalue weighted by Crippen LogP contribution is -1.75. The second kappa shape index (κ2) is 2.10. The fraction of sp³-hybridized carbons (Fsp3) is 0. The Morgan fingerprint density at radius 3 is 2.70 bits per heavy atom. The number of nitrogens with zero attached hydrogens (tertiary/aromatic N) is 1. The van der Waals surface area contributed by atoms with E-state index in [1.165, 1.54) is 0 Å². The molecule has 0 amide bonds. The lowest BCUT2D eigenvalue weighted by Gasteiger charge is -1.89. The molecule has 0 saturated heterocycles. The van der Waals surface area contributed by atoms with Gasteiger partial charge in [-0.05, 0) is 30.3 Å². The van der Waals surface area contributed by atoms with Crippen LogP contribution >= 0.6 is 0 Å². The first kappa shape index (κ1) is 5.42. The summed E-state index contributed by atoms with van der Waals surface area (Å²) >= 11 is 0. The summed E-state index contributed by atoms with van der Waals surface area (Å²) in [6.45, 7) is 0. The summed E-state index contributed by atoms with van der Waals surface area (Å²) < 4.78 is 0. The molecule has 4 radical (unpaired) electrons. The van der Waals surface area contributed by atoms with Crippen molar-refractivity contribution in [2.45, 2.75) is 0 Å². The van der Waals surface area contributed by atoms with Crippen molar-refractivity contribution in [1.82, 2.24) is 4.98 Å². The normalized spacial score (nSPS) is 10.0. The maximum Gasteiger partial charge on any atom is 0.0979 e. The summed E-state index contributed by atoms with van der Waals surface area (Å²) in [6.07, 6.45) is 2.63. The molecule has 44 valence electrons. The molecule has 0 N–H and O–H groups in total. The minimum atomic E-state index is 0.887. The topological polar surface area (TPSA) is 12.9 Å². The second-order valence-corrected chi connectivity index (χ2v) is 1.93. The van der Waals surface area contributed by atoms with Gasteiger partial charge in [-0.2, -0.15) is 0 Å². The van der Waals surface area contributed by atoms with Crippen LogP contribution in [0.3, 0.4) is 0 Å². The first-order valence-corrected chi connectivity index (χ1v) is 2.93. The Labute approximate surface area is 59.3 Å². The third-order valence-electron chi connectivity index (χ3n) is 1.28. The molecule has 2 aromatic rings. The van der Waals surface area contributed by atoms with Crippen molar-refractivity contribution in [2.75, 3.05) is 0 Å². The average molecular weight is 125 g/mol. The Hall–Kier alpha value is -1.37. The minimum Gasteiger partial charge on any atom is -0.245 e. The van der Waals surface area contributed by atoms with Gasteiger partial charge in [0.1, 0.15) is 0 Å². The van der Waals surface area contributed by atoms with Crippen molar-refractivity contribution in [3.63, 3.8) is 0 Å². The number of pyridine rings is 1. The molecule has 10 heavy (non-hydrogen) atoms. The van der Waals surface area contributed by atoms with Crippen LogP contribution in [-0.2, 0) is 0 Å². The minimum absolute atomic E-state index is 0.887. The number of rotatable bonds is 0. The average Bonchev–Trinajstić information content (AvgIpc) is 2.05. The molecule has 0 spiro atoms. The summed E-state index contributed by atoms with van der Waals surface area (Å²) in [6, 6.07) is 13.8. The molecule has 0 aliphatic heterocycles. The number of fused-ring (bicyclic) bond motifs is 1. The van der Waals surface area contributed by atoms with E-state index in [1.807, 2.05) is 12.1 Å². The van der Waals surface area contributed by atoms with E-state index in [4.69, 9.17) is 0 Å². The van der Waals surface area contributed by atoms with Crippen molar-refractivity contribution >= 4 is 10.9 Å². The van der Waals surface area contributed by atoms with Crippen LogP contribution in [0.15, 0.2) is 18.2 Å². The Bertz CT molecular complexity index is 276. The molecular weight excluding hydrogens is 122 g/mol. The fourth-order valence-electron chi connectivity index (χ4n) is 0.802. The van der Waals surface area contributed by atoms with E-state index in [1.54, 1.807) is 6.07 Å². The van der Waals surface area contributed by atoms with Crippen LogP contribution in [-0.4, -0.2) is 4.98 Å². The zero-order chi connectivity index (χ0) is 6.81. The zero-order valence-corrected chi connectivity index (χ0v) is 5.18. The highest BCUT2D eigenvalue weighted by Crippen LogP contribution is 2.06. The van der Waals surface area contributed by atoms with E-state index in [9.17, 15) is 0 Å². The lowest BCUT2D eigenvalue weighted by molar-refractivity contribution is 1.38. The quantitative estimate of drug-likeness (QED) is 0.519. The van der Waals surface area contributed by atoms with Gasteiger partial charge in [-0.15, -0.1) is 0 Å². The molecule has 0 unspecified atom stereocenters. The van der Waals surface area contributed by atoms with Gasteiger partial charge in [0.25, 0.3) is 0 Å². The predicted molar refractivity (Wildman–Crippen MR) is 37.1 cm³/mol. The van der Waals surface area contributed by atoms with Gasteiger partial charge in [0.15, 0.2) is 0 Å². The predicted octanol–water partition coefficient (Wildman–Crippen LogP) is 1.44. The highest BCUT2D eigenvalue weighted by Gasteiger charge is 1.88. The molecule has 2 rings (SSSR count). The number of hydrogen-bond acceptors (Lipinski definition) is 1. The first-order valence-electron chi connectivity index (χ1n) is 2.93. The van der Waals surface area contributed by atoms with Gasteiger partial charge in [-0.25, -0.2) is 4.98 Å². The van der Waals surface area contributed by atoms with Crippen LogP contribution in [0, 0.1) is 24.4 Å². The van der Waals surface area contributed by atoms with Crippen molar-refractivity contribution in [1.29, 1.82) is 0 Å². The van der Waals surface area contributed by atoms with Gasteiger partial charge >= 0.3 is 0 Å². The van der Waals surface area contributed by atoms with E-state index < -0.39 is 0 Å². The van der Waals surface area contributed by atoms with Crippen molar-refractivity contribution < 1.29 is 0 Å². The maximum atomic E-state index is 3.95. The van der Waals surface area contributed by atoms with Crippen molar-refractivity contribution in [3.8, 4) is 0 Å². The van der Waals surface area contributed by atoms with Crippen molar-refractivity contribution in [2.24, 2.45) is 0 Å². The van der Waals surface area contributed by atoms with E-state index in [0.717, 1.165) is 10.9 Å². The molecule has 1 aromatic heterocycles.